The molecule has 0 amide bonds. The lowest BCUT2D eigenvalue weighted by molar-refractivity contribution is 0.292. The van der Waals surface area contributed by atoms with Gasteiger partial charge in [0, 0.05) is 31.6 Å². The van der Waals surface area contributed by atoms with Gasteiger partial charge in [0.15, 0.2) is 0 Å². The lowest BCUT2D eigenvalue weighted by Gasteiger charge is -2.43. The molecule has 2 unspecified atom stereocenters. The van der Waals surface area contributed by atoms with Crippen LogP contribution in [0.15, 0.2) is 42.2 Å². The molecule has 1 aliphatic carbocycles. The van der Waals surface area contributed by atoms with Crippen LogP contribution in [0.2, 0.25) is 0 Å². The highest BCUT2D eigenvalue weighted by Gasteiger charge is 2.34. The standard InChI is InChI=1S/C20H27N3O/c1-14-10-17(24-3)6-7-20(14,2)15-4-5-19-18(11-15)22-13-16-12-21-8-9-23(16)19/h4-7,10-11,14,16,21-22H,8-9,12-13H2,1-3H3/t14?,16?,20-/m1/s1. The Morgan fingerprint density at radius 2 is 2.17 bits per heavy atom. The Morgan fingerprint density at radius 1 is 1.29 bits per heavy atom. The molecule has 2 aliphatic heterocycles. The largest absolute Gasteiger partial charge is 0.497 e. The summed E-state index contributed by atoms with van der Waals surface area (Å²) in [5, 5.41) is 7.14. The minimum atomic E-state index is -0.000950. The van der Waals surface area contributed by atoms with E-state index in [0.29, 0.717) is 12.0 Å². The average Bonchev–Trinajstić information content (AvgIpc) is 2.63. The molecule has 2 N–H and O–H groups in total. The minimum absolute atomic E-state index is 0.000950. The molecule has 0 bridgehead atoms. The number of anilines is 2. The Bertz CT molecular complexity index is 696. The molecule has 4 heteroatoms. The number of ether oxygens (including phenoxy) is 1. The van der Waals surface area contributed by atoms with E-state index in [4.69, 9.17) is 4.74 Å². The third-order valence-electron chi connectivity index (χ3n) is 6.00. The van der Waals surface area contributed by atoms with Crippen molar-refractivity contribution in [1.82, 2.24) is 5.32 Å². The molecule has 0 aromatic heterocycles. The number of nitrogens with zero attached hydrogens (tertiary/aromatic N) is 1. The number of hydrogen-bond donors (Lipinski definition) is 2. The summed E-state index contributed by atoms with van der Waals surface area (Å²) in [6.45, 7) is 8.82. The van der Waals surface area contributed by atoms with Crippen LogP contribution in [0, 0.1) is 5.92 Å². The highest BCUT2D eigenvalue weighted by molar-refractivity contribution is 5.74. The van der Waals surface area contributed by atoms with E-state index in [9.17, 15) is 0 Å². The maximum atomic E-state index is 5.39. The second-order valence-electron chi connectivity index (χ2n) is 7.34. The Labute approximate surface area is 144 Å². The highest BCUT2D eigenvalue weighted by atomic mass is 16.5. The summed E-state index contributed by atoms with van der Waals surface area (Å²) >= 11 is 0. The summed E-state index contributed by atoms with van der Waals surface area (Å²) in [6.07, 6.45) is 6.60. The number of hydrogen-bond acceptors (Lipinski definition) is 4. The first-order valence-electron chi connectivity index (χ1n) is 8.92. The van der Waals surface area contributed by atoms with Gasteiger partial charge in [0.25, 0.3) is 0 Å². The third-order valence-corrected chi connectivity index (χ3v) is 6.00. The van der Waals surface area contributed by atoms with Gasteiger partial charge in [-0.25, -0.2) is 0 Å². The Balaban J connectivity index is 1.67. The van der Waals surface area contributed by atoms with Crippen molar-refractivity contribution in [3.63, 3.8) is 0 Å². The summed E-state index contributed by atoms with van der Waals surface area (Å²) in [5.41, 5.74) is 3.98. The average molecular weight is 325 g/mol. The molecule has 1 fully saturated rings. The van der Waals surface area contributed by atoms with Crippen molar-refractivity contribution in [2.24, 2.45) is 5.92 Å². The quantitative estimate of drug-likeness (QED) is 0.877. The van der Waals surface area contributed by atoms with Gasteiger partial charge in [0.05, 0.1) is 24.5 Å². The van der Waals surface area contributed by atoms with E-state index >= 15 is 0 Å². The molecule has 2 heterocycles. The number of allylic oxidation sites excluding steroid dienone is 3. The van der Waals surface area contributed by atoms with Gasteiger partial charge in [-0.3, -0.25) is 0 Å². The van der Waals surface area contributed by atoms with E-state index in [1.165, 1.54) is 16.9 Å². The van der Waals surface area contributed by atoms with Gasteiger partial charge in [0.2, 0.25) is 0 Å². The molecule has 1 aromatic rings. The van der Waals surface area contributed by atoms with Gasteiger partial charge in [-0.1, -0.05) is 26.0 Å². The van der Waals surface area contributed by atoms with Crippen LogP contribution in [0.5, 0.6) is 0 Å². The zero-order chi connectivity index (χ0) is 16.7. The fourth-order valence-electron chi connectivity index (χ4n) is 4.13. The van der Waals surface area contributed by atoms with Crippen LogP contribution >= 0.6 is 0 Å². The van der Waals surface area contributed by atoms with Crippen molar-refractivity contribution in [2.75, 3.05) is 43.5 Å². The van der Waals surface area contributed by atoms with Gasteiger partial charge >= 0.3 is 0 Å². The molecular weight excluding hydrogens is 298 g/mol. The fraction of sp³-hybridized carbons (Fsp3) is 0.500. The smallest absolute Gasteiger partial charge is 0.114 e. The van der Waals surface area contributed by atoms with Gasteiger partial charge in [-0.05, 0) is 35.8 Å². The number of piperazine rings is 1. The van der Waals surface area contributed by atoms with E-state index in [-0.39, 0.29) is 5.41 Å². The Hall–Kier alpha value is -1.94. The zero-order valence-corrected chi connectivity index (χ0v) is 14.8. The van der Waals surface area contributed by atoms with Crippen LogP contribution in [0.1, 0.15) is 19.4 Å². The van der Waals surface area contributed by atoms with E-state index in [0.717, 1.165) is 31.9 Å². The first-order chi connectivity index (χ1) is 11.6. The Morgan fingerprint density at radius 3 is 2.96 bits per heavy atom. The number of nitrogens with one attached hydrogen (secondary N) is 2. The fourth-order valence-corrected chi connectivity index (χ4v) is 4.13. The summed E-state index contributed by atoms with van der Waals surface area (Å²) in [5.74, 6) is 1.35. The molecule has 1 aromatic carbocycles. The van der Waals surface area contributed by atoms with Crippen LogP contribution in [0.3, 0.4) is 0 Å². The van der Waals surface area contributed by atoms with Gasteiger partial charge in [-0.2, -0.15) is 0 Å². The molecule has 0 spiro atoms. The number of rotatable bonds is 2. The van der Waals surface area contributed by atoms with Crippen molar-refractivity contribution in [1.29, 1.82) is 0 Å². The van der Waals surface area contributed by atoms with Crippen molar-refractivity contribution in [2.45, 2.75) is 25.3 Å². The van der Waals surface area contributed by atoms with Gasteiger partial charge in [0.1, 0.15) is 5.76 Å². The highest BCUT2D eigenvalue weighted by Crippen LogP contribution is 2.42. The molecule has 0 saturated carbocycles. The van der Waals surface area contributed by atoms with E-state index in [1.807, 2.05) is 0 Å². The predicted octanol–water partition coefficient (Wildman–Crippen LogP) is 2.88. The minimum Gasteiger partial charge on any atom is -0.497 e. The number of methoxy groups -OCH3 is 1. The molecule has 4 rings (SSSR count). The SMILES string of the molecule is COC1=CC(C)[C@](C)(c2ccc3c(c2)NCC2CNCCN32)C=C1. The third kappa shape index (κ3) is 2.40. The Kier molecular flexibility index (Phi) is 3.80. The van der Waals surface area contributed by atoms with Crippen molar-refractivity contribution in [3.05, 3.63) is 47.7 Å². The monoisotopic (exact) mass is 325 g/mol. The molecule has 3 atom stereocenters. The summed E-state index contributed by atoms with van der Waals surface area (Å²) in [4.78, 5) is 2.55. The molecule has 128 valence electrons. The topological polar surface area (TPSA) is 36.5 Å². The lowest BCUT2D eigenvalue weighted by atomic mass is 9.70. The molecular formula is C20H27N3O. The molecule has 1 saturated heterocycles. The van der Waals surface area contributed by atoms with Gasteiger partial charge < -0.3 is 20.3 Å². The maximum absolute atomic E-state index is 5.39. The second kappa shape index (κ2) is 5.85. The first kappa shape index (κ1) is 15.6. The van der Waals surface area contributed by atoms with Gasteiger partial charge in [-0.15, -0.1) is 0 Å². The molecule has 0 radical (unpaired) electrons. The number of benzene rings is 1. The van der Waals surface area contributed by atoms with Crippen molar-refractivity contribution >= 4 is 11.4 Å². The molecule has 4 nitrogen and oxygen atoms in total. The van der Waals surface area contributed by atoms with Crippen LogP contribution in [-0.4, -0.2) is 39.3 Å². The first-order valence-corrected chi connectivity index (χ1v) is 8.92. The predicted molar refractivity (Wildman–Crippen MR) is 99.7 cm³/mol. The van der Waals surface area contributed by atoms with E-state index in [1.54, 1.807) is 7.11 Å². The van der Waals surface area contributed by atoms with Crippen molar-refractivity contribution < 1.29 is 4.74 Å². The van der Waals surface area contributed by atoms with Crippen LogP contribution < -0.4 is 15.5 Å². The zero-order valence-electron chi connectivity index (χ0n) is 14.8. The summed E-state index contributed by atoms with van der Waals surface area (Å²) < 4.78 is 5.39. The van der Waals surface area contributed by atoms with Crippen LogP contribution in [-0.2, 0) is 10.2 Å². The van der Waals surface area contributed by atoms with Crippen LogP contribution in [0.25, 0.3) is 0 Å². The molecule has 3 aliphatic rings. The van der Waals surface area contributed by atoms with E-state index in [2.05, 4.69) is 65.8 Å². The maximum Gasteiger partial charge on any atom is 0.114 e. The number of fused-ring (bicyclic) bond motifs is 3. The van der Waals surface area contributed by atoms with Crippen LogP contribution in [0.4, 0.5) is 11.4 Å². The summed E-state index contributed by atoms with van der Waals surface area (Å²) in [6, 6.07) is 7.52. The summed E-state index contributed by atoms with van der Waals surface area (Å²) in [7, 11) is 1.73. The van der Waals surface area contributed by atoms with Crippen molar-refractivity contribution in [3.8, 4) is 0 Å². The van der Waals surface area contributed by atoms with E-state index < -0.39 is 0 Å². The molecule has 24 heavy (non-hydrogen) atoms. The lowest BCUT2D eigenvalue weighted by Crippen LogP contribution is -2.56. The second-order valence-corrected chi connectivity index (χ2v) is 7.34. The normalized spacial score (nSPS) is 31.6.